The minimum absolute atomic E-state index is 0.104. The van der Waals surface area contributed by atoms with Gasteiger partial charge in [0.1, 0.15) is 35.2 Å². The highest BCUT2D eigenvalue weighted by Gasteiger charge is 2.53. The number of likely N-dealkylation sites (tertiary alicyclic amines) is 2. The summed E-state index contributed by atoms with van der Waals surface area (Å²) in [5, 5.41) is 5.49. The molecular weight excluding hydrogens is 753 g/mol. The van der Waals surface area contributed by atoms with Gasteiger partial charge in [-0.1, -0.05) is 27.7 Å². The number of nitrogens with one attached hydrogen (secondary N) is 4. The maximum atomic E-state index is 13.9. The number of ether oxygens (including phenoxy) is 3. The van der Waals surface area contributed by atoms with Crippen LogP contribution in [0.15, 0.2) is 60.9 Å². The maximum Gasteiger partial charge on any atom is 0.407 e. The van der Waals surface area contributed by atoms with Gasteiger partial charge in [0, 0.05) is 12.1 Å². The Labute approximate surface area is 344 Å². The predicted octanol–water partition coefficient (Wildman–Crippen LogP) is 7.12. The van der Waals surface area contributed by atoms with Gasteiger partial charge in [0.05, 0.1) is 50.1 Å². The smallest absolute Gasteiger partial charge is 0.407 e. The summed E-state index contributed by atoms with van der Waals surface area (Å²) in [5.41, 5.74) is 3.55. The predicted molar refractivity (Wildman–Crippen MR) is 218 cm³/mol. The van der Waals surface area contributed by atoms with Crippen LogP contribution in [0.5, 0.6) is 11.5 Å². The van der Waals surface area contributed by atoms with Gasteiger partial charge >= 0.3 is 12.2 Å². The number of amides is 4. The van der Waals surface area contributed by atoms with Crippen LogP contribution in [0, 0.1) is 23.7 Å². The molecule has 8 rings (SSSR count). The molecule has 4 amide bonds. The van der Waals surface area contributed by atoms with Crippen molar-refractivity contribution in [2.24, 2.45) is 23.7 Å². The summed E-state index contributed by atoms with van der Waals surface area (Å²) < 4.78 is 15.8. The molecule has 2 saturated heterocycles. The average molecular weight is 807 g/mol. The number of piperidine rings is 2. The molecule has 4 aliphatic rings. The summed E-state index contributed by atoms with van der Waals surface area (Å²) in [6.07, 6.45) is 8.18. The molecule has 2 aliphatic carbocycles. The molecule has 2 saturated carbocycles. The molecular formula is C44H54N8O7. The van der Waals surface area contributed by atoms with E-state index in [4.69, 9.17) is 24.2 Å². The SMILES string of the molecule is COC(=O)N[C@H](C(=O)N1C2CCC(C2)C1c1ncc(-c2ccc(Oc3ccc(-c4cnc(C5C6CCC(C6)N5C(=O)[C@@H](NC(=O)OC)C(C)C)[nH]4)cc3)cc2)[nH]1)C(C)C. The van der Waals surface area contributed by atoms with Gasteiger partial charge in [0.15, 0.2) is 0 Å². The van der Waals surface area contributed by atoms with Gasteiger partial charge in [0.2, 0.25) is 11.8 Å². The van der Waals surface area contributed by atoms with Gasteiger partial charge in [-0.25, -0.2) is 19.6 Å². The zero-order chi connectivity index (χ0) is 41.5. The molecule has 0 spiro atoms. The van der Waals surface area contributed by atoms with E-state index >= 15 is 0 Å². The largest absolute Gasteiger partial charge is 0.457 e. The number of benzene rings is 2. The van der Waals surface area contributed by atoms with E-state index in [1.54, 1.807) is 0 Å². The minimum Gasteiger partial charge on any atom is -0.457 e. The second kappa shape index (κ2) is 16.4. The summed E-state index contributed by atoms with van der Waals surface area (Å²) in [7, 11) is 2.60. The number of rotatable bonds is 12. The number of nitrogens with zero attached hydrogens (tertiary/aromatic N) is 4. The third-order valence-electron chi connectivity index (χ3n) is 12.8. The van der Waals surface area contributed by atoms with E-state index in [0.29, 0.717) is 23.3 Å². The van der Waals surface area contributed by atoms with Crippen molar-refractivity contribution < 1.29 is 33.4 Å². The van der Waals surface area contributed by atoms with Crippen LogP contribution in [0.4, 0.5) is 9.59 Å². The van der Waals surface area contributed by atoms with E-state index in [1.165, 1.54) is 14.2 Å². The number of fused-ring (bicyclic) bond motifs is 4. The summed E-state index contributed by atoms with van der Waals surface area (Å²) in [4.78, 5) is 72.4. The Morgan fingerprint density at radius 2 is 1.02 bits per heavy atom. The Kier molecular flexibility index (Phi) is 11.1. The van der Waals surface area contributed by atoms with Gasteiger partial charge in [-0.2, -0.15) is 0 Å². The van der Waals surface area contributed by atoms with Crippen LogP contribution in [0.1, 0.15) is 90.0 Å². The zero-order valence-electron chi connectivity index (χ0n) is 34.4. The number of carbonyl (C=O) groups is 4. The van der Waals surface area contributed by atoms with Crippen molar-refractivity contribution in [1.29, 1.82) is 0 Å². The molecule has 6 unspecified atom stereocenters. The first-order chi connectivity index (χ1) is 28.4. The van der Waals surface area contributed by atoms with Gasteiger partial charge in [0.25, 0.3) is 0 Å². The lowest BCUT2D eigenvalue weighted by atomic mass is 9.95. The topological polar surface area (TPSA) is 184 Å². The second-order valence-corrected chi connectivity index (χ2v) is 17.1. The minimum atomic E-state index is -0.689. The van der Waals surface area contributed by atoms with Crippen molar-refractivity contribution in [2.75, 3.05) is 14.2 Å². The quantitative estimate of drug-likeness (QED) is 0.116. The van der Waals surface area contributed by atoms with Crippen LogP contribution in [-0.4, -0.2) is 92.1 Å². The number of carbonyl (C=O) groups excluding carboxylic acids is 4. The van der Waals surface area contributed by atoms with Crippen LogP contribution < -0.4 is 15.4 Å². The standard InChI is InChI=1S/C44H54N8O7/c1-23(2)35(49-43(55)57-5)41(53)51-29-13-7-27(19-29)37(51)39-45-21-33(47-39)25-9-15-31(16-10-25)59-32-17-11-26(12-18-32)34-22-46-40(48-34)38-28-8-14-30(20-28)52(38)42(54)36(24(3)4)50-44(56)58-6/h9-12,15-18,21-24,27-30,35-38H,7-8,13-14,19-20H2,1-6H3,(H,45,47)(H,46,48)(H,49,55)(H,50,56)/t27?,28?,29?,30?,35-,36-,37?,38?/m0/s1. The van der Waals surface area contributed by atoms with Crippen LogP contribution in [-0.2, 0) is 19.1 Å². The third kappa shape index (κ3) is 7.74. The number of imidazole rings is 2. The van der Waals surface area contributed by atoms with Gasteiger partial charge in [-0.15, -0.1) is 0 Å². The monoisotopic (exact) mass is 806 g/mol. The molecule has 4 aromatic rings. The molecule has 59 heavy (non-hydrogen) atoms. The first kappa shape index (κ1) is 39.9. The molecule has 0 radical (unpaired) electrons. The Bertz CT molecular complexity index is 2010. The number of aromatic amines is 2. The Morgan fingerprint density at radius 1 is 0.627 bits per heavy atom. The fourth-order valence-corrected chi connectivity index (χ4v) is 9.84. The fourth-order valence-electron chi connectivity index (χ4n) is 9.84. The van der Waals surface area contributed by atoms with Crippen molar-refractivity contribution >= 4 is 24.0 Å². The highest BCUT2D eigenvalue weighted by molar-refractivity contribution is 5.87. The molecule has 2 aromatic heterocycles. The molecule has 4 bridgehead atoms. The summed E-state index contributed by atoms with van der Waals surface area (Å²) >= 11 is 0. The van der Waals surface area contributed by atoms with Crippen molar-refractivity contribution in [3.8, 4) is 34.0 Å². The van der Waals surface area contributed by atoms with Crippen LogP contribution >= 0.6 is 0 Å². The van der Waals surface area contributed by atoms with Gasteiger partial charge in [-0.3, -0.25) is 9.59 Å². The first-order valence-corrected chi connectivity index (χ1v) is 20.8. The van der Waals surface area contributed by atoms with E-state index in [1.807, 2.05) is 98.4 Å². The lowest BCUT2D eigenvalue weighted by molar-refractivity contribution is -0.140. The van der Waals surface area contributed by atoms with E-state index in [9.17, 15) is 19.2 Å². The first-order valence-electron chi connectivity index (χ1n) is 20.8. The molecule has 15 heteroatoms. The molecule has 4 N–H and O–H groups in total. The number of aromatic nitrogens is 4. The number of hydrogen-bond donors (Lipinski definition) is 4. The van der Waals surface area contributed by atoms with Gasteiger partial charge in [-0.05, 0) is 122 Å². The highest BCUT2D eigenvalue weighted by atomic mass is 16.5. The molecule has 8 atom stereocenters. The number of methoxy groups -OCH3 is 2. The van der Waals surface area contributed by atoms with Crippen LogP contribution in [0.3, 0.4) is 0 Å². The van der Waals surface area contributed by atoms with Crippen molar-refractivity contribution in [3.05, 3.63) is 72.6 Å². The Balaban J connectivity index is 0.918. The highest BCUT2D eigenvalue weighted by Crippen LogP contribution is 2.51. The average Bonchev–Trinajstić information content (AvgIpc) is 4.11. The molecule has 2 aromatic carbocycles. The van der Waals surface area contributed by atoms with Crippen molar-refractivity contribution in [3.63, 3.8) is 0 Å². The van der Waals surface area contributed by atoms with Crippen LogP contribution in [0.25, 0.3) is 22.5 Å². The molecule has 4 heterocycles. The summed E-state index contributed by atoms with van der Waals surface area (Å²) in [6, 6.07) is 14.0. The van der Waals surface area contributed by atoms with Crippen molar-refractivity contribution in [2.45, 2.75) is 102 Å². The molecule has 4 fully saturated rings. The summed E-state index contributed by atoms with van der Waals surface area (Å²) in [6.45, 7) is 7.68. The van der Waals surface area contributed by atoms with E-state index in [-0.39, 0.29) is 47.8 Å². The molecule has 15 nitrogen and oxygen atoms in total. The third-order valence-corrected chi connectivity index (χ3v) is 12.8. The Hall–Kier alpha value is -5.86. The zero-order valence-corrected chi connectivity index (χ0v) is 34.4. The normalized spacial score (nSPS) is 24.1. The second-order valence-electron chi connectivity index (χ2n) is 17.1. The lowest BCUT2D eigenvalue weighted by Crippen LogP contribution is -2.54. The lowest BCUT2D eigenvalue weighted by Gasteiger charge is -2.37. The Morgan fingerprint density at radius 3 is 1.37 bits per heavy atom. The fraction of sp³-hybridized carbons (Fsp3) is 0.500. The molecule has 312 valence electrons. The molecule has 2 aliphatic heterocycles. The van der Waals surface area contributed by atoms with E-state index < -0.39 is 24.3 Å². The number of hydrogen-bond acceptors (Lipinski definition) is 9. The van der Waals surface area contributed by atoms with E-state index in [2.05, 4.69) is 20.6 Å². The number of alkyl carbamates (subject to hydrolysis) is 2. The maximum absolute atomic E-state index is 13.9. The van der Waals surface area contributed by atoms with Crippen LogP contribution in [0.2, 0.25) is 0 Å². The van der Waals surface area contributed by atoms with Crippen molar-refractivity contribution in [1.82, 2.24) is 40.4 Å². The number of H-pyrrole nitrogens is 2. The van der Waals surface area contributed by atoms with Gasteiger partial charge < -0.3 is 44.6 Å². The van der Waals surface area contributed by atoms with E-state index in [0.717, 1.165) is 72.7 Å². The summed E-state index contributed by atoms with van der Waals surface area (Å²) in [5.74, 6) is 3.03.